The fourth-order valence-corrected chi connectivity index (χ4v) is 2.21. The fraction of sp³-hybridized carbons (Fsp3) is 0.500. The maximum absolute atomic E-state index is 9.09. The first-order valence-corrected chi connectivity index (χ1v) is 6.16. The molecular weight excluding hydrogens is 250 g/mol. The fourth-order valence-electron chi connectivity index (χ4n) is 1.96. The van der Waals surface area contributed by atoms with E-state index in [9.17, 15) is 0 Å². The standard InChI is InChI=1S/C12H19N3O2S/c1-8-7-10(15(3-5-16)4-6-17)11(12(13)18)9(2)14-8/h7,16-17H,3-6H2,1-2H3,(H2,13,18). The van der Waals surface area contributed by atoms with Crippen molar-refractivity contribution in [1.29, 1.82) is 0 Å². The topological polar surface area (TPSA) is 82.6 Å². The van der Waals surface area contributed by atoms with E-state index in [1.54, 1.807) is 0 Å². The molecule has 1 heterocycles. The van der Waals surface area contributed by atoms with Crippen LogP contribution in [0.5, 0.6) is 0 Å². The van der Waals surface area contributed by atoms with Crippen molar-refractivity contribution < 1.29 is 10.2 Å². The third-order valence-electron chi connectivity index (χ3n) is 2.63. The SMILES string of the molecule is Cc1cc(N(CCO)CCO)c(C(N)=S)c(C)n1. The smallest absolute Gasteiger partial charge is 0.107 e. The number of rotatable bonds is 6. The van der Waals surface area contributed by atoms with Crippen LogP contribution in [-0.4, -0.2) is 46.5 Å². The molecule has 0 saturated carbocycles. The first-order chi connectivity index (χ1) is 8.51. The molecule has 0 bridgehead atoms. The van der Waals surface area contributed by atoms with Gasteiger partial charge in [0, 0.05) is 24.5 Å². The number of pyridine rings is 1. The number of thiocarbonyl (C=S) groups is 1. The van der Waals surface area contributed by atoms with Gasteiger partial charge in [0.25, 0.3) is 0 Å². The van der Waals surface area contributed by atoms with Crippen LogP contribution in [0.2, 0.25) is 0 Å². The Morgan fingerprint density at radius 1 is 1.33 bits per heavy atom. The van der Waals surface area contributed by atoms with E-state index in [2.05, 4.69) is 4.98 Å². The van der Waals surface area contributed by atoms with E-state index in [1.807, 2.05) is 24.8 Å². The normalized spacial score (nSPS) is 10.4. The minimum Gasteiger partial charge on any atom is -0.395 e. The molecule has 0 amide bonds. The van der Waals surface area contributed by atoms with E-state index in [4.69, 9.17) is 28.2 Å². The molecule has 1 aromatic heterocycles. The zero-order chi connectivity index (χ0) is 13.7. The summed E-state index contributed by atoms with van der Waals surface area (Å²) >= 11 is 5.05. The number of aromatic nitrogens is 1. The lowest BCUT2D eigenvalue weighted by Crippen LogP contribution is -2.32. The summed E-state index contributed by atoms with van der Waals surface area (Å²) in [5, 5.41) is 18.2. The van der Waals surface area contributed by atoms with Gasteiger partial charge in [-0.05, 0) is 19.9 Å². The van der Waals surface area contributed by atoms with E-state index in [1.165, 1.54) is 0 Å². The molecule has 0 fully saturated rings. The van der Waals surface area contributed by atoms with Crippen LogP contribution in [0.4, 0.5) is 5.69 Å². The minimum atomic E-state index is -0.00279. The van der Waals surface area contributed by atoms with Crippen LogP contribution in [0.1, 0.15) is 17.0 Å². The maximum Gasteiger partial charge on any atom is 0.107 e. The number of aliphatic hydroxyl groups is 2. The summed E-state index contributed by atoms with van der Waals surface area (Å²) in [6.07, 6.45) is 0. The van der Waals surface area contributed by atoms with Gasteiger partial charge in [-0.25, -0.2) is 0 Å². The molecule has 0 aliphatic carbocycles. The van der Waals surface area contributed by atoms with Crippen LogP contribution in [0.3, 0.4) is 0 Å². The van der Waals surface area contributed by atoms with Crippen LogP contribution in [-0.2, 0) is 0 Å². The maximum atomic E-state index is 9.09. The van der Waals surface area contributed by atoms with Gasteiger partial charge in [-0.2, -0.15) is 0 Å². The predicted octanol–water partition coefficient (Wildman–Crippen LogP) is 0.124. The molecular formula is C12H19N3O2S. The highest BCUT2D eigenvalue weighted by atomic mass is 32.1. The summed E-state index contributed by atoms with van der Waals surface area (Å²) in [4.78, 5) is 6.47. The van der Waals surface area contributed by atoms with E-state index in [0.29, 0.717) is 18.7 Å². The molecule has 1 rings (SSSR count). The number of hydrogen-bond acceptors (Lipinski definition) is 5. The number of aliphatic hydroxyl groups excluding tert-OH is 2. The lowest BCUT2D eigenvalue weighted by molar-refractivity contribution is 0.281. The molecule has 4 N–H and O–H groups in total. The minimum absolute atomic E-state index is 0.00279. The summed E-state index contributed by atoms with van der Waals surface area (Å²) in [5.74, 6) is 0. The van der Waals surface area contributed by atoms with Gasteiger partial charge in [0.15, 0.2) is 0 Å². The van der Waals surface area contributed by atoms with E-state index in [0.717, 1.165) is 17.1 Å². The van der Waals surface area contributed by atoms with Gasteiger partial charge in [0.2, 0.25) is 0 Å². The average molecular weight is 269 g/mol. The van der Waals surface area contributed by atoms with Crippen molar-refractivity contribution >= 4 is 22.9 Å². The molecule has 0 radical (unpaired) electrons. The Kier molecular flexibility index (Phi) is 5.46. The molecule has 0 aromatic carbocycles. The monoisotopic (exact) mass is 269 g/mol. The third-order valence-corrected chi connectivity index (χ3v) is 2.84. The molecule has 100 valence electrons. The number of aryl methyl sites for hydroxylation is 2. The van der Waals surface area contributed by atoms with E-state index < -0.39 is 0 Å². The molecule has 1 aromatic rings. The van der Waals surface area contributed by atoms with Gasteiger partial charge in [-0.3, -0.25) is 4.98 Å². The lowest BCUT2D eigenvalue weighted by Gasteiger charge is -2.26. The quantitative estimate of drug-likeness (QED) is 0.637. The summed E-state index contributed by atoms with van der Waals surface area (Å²) < 4.78 is 0. The van der Waals surface area contributed by atoms with Gasteiger partial charge in [-0.15, -0.1) is 0 Å². The molecule has 0 saturated heterocycles. The summed E-state index contributed by atoms with van der Waals surface area (Å²) in [5.41, 5.74) is 8.87. The Bertz CT molecular complexity index is 432. The number of nitrogens with zero attached hydrogens (tertiary/aromatic N) is 2. The Labute approximate surface area is 112 Å². The lowest BCUT2D eigenvalue weighted by atomic mass is 10.1. The van der Waals surface area contributed by atoms with Crippen molar-refractivity contribution in [2.45, 2.75) is 13.8 Å². The highest BCUT2D eigenvalue weighted by molar-refractivity contribution is 7.80. The predicted molar refractivity (Wildman–Crippen MR) is 76.0 cm³/mol. The van der Waals surface area contributed by atoms with Gasteiger partial charge < -0.3 is 20.8 Å². The van der Waals surface area contributed by atoms with Crippen LogP contribution in [0.15, 0.2) is 6.07 Å². The van der Waals surface area contributed by atoms with Gasteiger partial charge >= 0.3 is 0 Å². The Morgan fingerprint density at radius 2 is 1.89 bits per heavy atom. The van der Waals surface area contributed by atoms with E-state index in [-0.39, 0.29) is 18.2 Å². The van der Waals surface area contributed by atoms with Crippen LogP contribution < -0.4 is 10.6 Å². The number of hydrogen-bond donors (Lipinski definition) is 3. The van der Waals surface area contributed by atoms with Crippen molar-refractivity contribution in [2.24, 2.45) is 5.73 Å². The molecule has 0 atom stereocenters. The first-order valence-electron chi connectivity index (χ1n) is 5.76. The van der Waals surface area contributed by atoms with Gasteiger partial charge in [0.05, 0.1) is 24.5 Å². The second-order valence-corrected chi connectivity index (χ2v) is 4.48. The molecule has 0 unspecified atom stereocenters. The highest BCUT2D eigenvalue weighted by Gasteiger charge is 2.16. The summed E-state index contributed by atoms with van der Waals surface area (Å²) in [7, 11) is 0. The van der Waals surface area contributed by atoms with Crippen LogP contribution in [0.25, 0.3) is 0 Å². The molecule has 18 heavy (non-hydrogen) atoms. The molecule has 0 spiro atoms. The zero-order valence-corrected chi connectivity index (χ0v) is 11.5. The first kappa shape index (κ1) is 14.8. The molecule has 5 nitrogen and oxygen atoms in total. The number of nitrogens with two attached hydrogens (primary N) is 1. The zero-order valence-electron chi connectivity index (χ0n) is 10.7. The molecule has 0 aliphatic rings. The summed E-state index contributed by atoms with van der Waals surface area (Å²) in [6.45, 7) is 4.56. The molecule has 0 aliphatic heterocycles. The van der Waals surface area contributed by atoms with Crippen molar-refractivity contribution in [3.8, 4) is 0 Å². The third kappa shape index (κ3) is 3.38. The highest BCUT2D eigenvalue weighted by Crippen LogP contribution is 2.23. The van der Waals surface area contributed by atoms with Gasteiger partial charge in [0.1, 0.15) is 4.99 Å². The average Bonchev–Trinajstić information content (AvgIpc) is 2.26. The van der Waals surface area contributed by atoms with E-state index >= 15 is 0 Å². The van der Waals surface area contributed by atoms with Crippen molar-refractivity contribution in [1.82, 2.24) is 4.98 Å². The Hall–Kier alpha value is -1.24. The molecule has 6 heteroatoms. The van der Waals surface area contributed by atoms with Crippen molar-refractivity contribution in [3.05, 3.63) is 23.0 Å². The number of anilines is 1. The second-order valence-electron chi connectivity index (χ2n) is 4.04. The summed E-state index contributed by atoms with van der Waals surface area (Å²) in [6, 6.07) is 1.87. The second kappa shape index (κ2) is 6.63. The van der Waals surface area contributed by atoms with Crippen molar-refractivity contribution in [2.75, 3.05) is 31.2 Å². The largest absolute Gasteiger partial charge is 0.395 e. The van der Waals surface area contributed by atoms with Gasteiger partial charge in [-0.1, -0.05) is 12.2 Å². The Balaban J connectivity index is 3.29. The van der Waals surface area contributed by atoms with Crippen LogP contribution in [0, 0.1) is 13.8 Å². The van der Waals surface area contributed by atoms with Crippen molar-refractivity contribution in [3.63, 3.8) is 0 Å². The Morgan fingerprint density at radius 3 is 2.33 bits per heavy atom. The van der Waals surface area contributed by atoms with Crippen LogP contribution >= 0.6 is 12.2 Å².